The molecule has 19 heavy (non-hydrogen) atoms. The van der Waals surface area contributed by atoms with E-state index < -0.39 is 11.9 Å². The maximum atomic E-state index is 11.3. The highest BCUT2D eigenvalue weighted by Gasteiger charge is 2.27. The van der Waals surface area contributed by atoms with E-state index in [4.69, 9.17) is 15.2 Å². The van der Waals surface area contributed by atoms with E-state index in [2.05, 4.69) is 0 Å². The largest absolute Gasteiger partial charge is 0.469 e. The van der Waals surface area contributed by atoms with Crippen molar-refractivity contribution in [2.75, 3.05) is 13.7 Å². The van der Waals surface area contributed by atoms with Gasteiger partial charge in [-0.15, -0.1) is 0 Å². The Hall–Kier alpha value is -1.63. The maximum Gasteiger partial charge on any atom is 0.318 e. The van der Waals surface area contributed by atoms with E-state index in [1.165, 1.54) is 7.11 Å². The molecule has 1 rings (SSSR count). The summed E-state index contributed by atoms with van der Waals surface area (Å²) < 4.78 is 10.2. The predicted molar refractivity (Wildman–Crippen MR) is 66.1 cm³/mol. The average molecular weight is 272 g/mol. The Kier molecular flexibility index (Phi) is 6.27. The van der Waals surface area contributed by atoms with E-state index in [0.29, 0.717) is 0 Å². The Morgan fingerprint density at radius 3 is 2.37 bits per heavy atom. The molecular weight excluding hydrogens is 252 g/mol. The topological polar surface area (TPSA) is 108 Å². The zero-order chi connectivity index (χ0) is 14.3. The van der Waals surface area contributed by atoms with Gasteiger partial charge in [-0.3, -0.25) is 14.9 Å². The highest BCUT2D eigenvalue weighted by atomic mass is 16.5. The minimum Gasteiger partial charge on any atom is -0.469 e. The van der Waals surface area contributed by atoms with Gasteiger partial charge in [-0.1, -0.05) is 0 Å². The molecule has 0 aromatic rings. The van der Waals surface area contributed by atoms with Gasteiger partial charge in [0.1, 0.15) is 0 Å². The van der Waals surface area contributed by atoms with Crippen molar-refractivity contribution >= 4 is 17.9 Å². The van der Waals surface area contributed by atoms with Gasteiger partial charge in [0.05, 0.1) is 32.2 Å². The SMILES string of the molecule is COC(=O)C1CCC(OCCC(=O)NC(N)=O)CC1. The van der Waals surface area contributed by atoms with E-state index in [0.717, 1.165) is 25.7 Å². The standard InChI is InChI=1S/C12H20N2O5/c1-18-11(16)8-2-4-9(5-3-8)19-7-6-10(15)14-12(13)17/h8-9H,2-7H2,1H3,(H3,13,14,15,17). The van der Waals surface area contributed by atoms with Crippen LogP contribution in [0.3, 0.4) is 0 Å². The molecule has 0 aromatic carbocycles. The molecule has 0 atom stereocenters. The number of urea groups is 1. The van der Waals surface area contributed by atoms with Gasteiger partial charge in [-0.05, 0) is 25.7 Å². The van der Waals surface area contributed by atoms with Crippen LogP contribution >= 0.6 is 0 Å². The highest BCUT2D eigenvalue weighted by molar-refractivity contribution is 5.93. The first-order valence-corrected chi connectivity index (χ1v) is 6.31. The summed E-state index contributed by atoms with van der Waals surface area (Å²) in [7, 11) is 1.39. The van der Waals surface area contributed by atoms with E-state index in [1.54, 1.807) is 0 Å². The van der Waals surface area contributed by atoms with E-state index in [1.807, 2.05) is 5.32 Å². The van der Waals surface area contributed by atoms with Gasteiger partial charge in [0.25, 0.3) is 0 Å². The number of carbonyl (C=O) groups is 3. The fourth-order valence-electron chi connectivity index (χ4n) is 2.15. The van der Waals surface area contributed by atoms with Gasteiger partial charge in [-0.2, -0.15) is 0 Å². The van der Waals surface area contributed by atoms with Crippen LogP contribution in [0.4, 0.5) is 4.79 Å². The number of nitrogens with one attached hydrogen (secondary N) is 1. The summed E-state index contributed by atoms with van der Waals surface area (Å²) in [6.07, 6.45) is 3.19. The van der Waals surface area contributed by atoms with Gasteiger partial charge < -0.3 is 15.2 Å². The normalized spacial score (nSPS) is 22.6. The van der Waals surface area contributed by atoms with Crippen LogP contribution in [-0.2, 0) is 19.1 Å². The smallest absolute Gasteiger partial charge is 0.318 e. The maximum absolute atomic E-state index is 11.3. The summed E-state index contributed by atoms with van der Waals surface area (Å²) in [5.41, 5.74) is 4.81. The summed E-state index contributed by atoms with van der Waals surface area (Å²) in [6.45, 7) is 0.243. The van der Waals surface area contributed by atoms with Crippen molar-refractivity contribution in [1.29, 1.82) is 0 Å². The fraction of sp³-hybridized carbons (Fsp3) is 0.750. The highest BCUT2D eigenvalue weighted by Crippen LogP contribution is 2.27. The number of esters is 1. The molecule has 0 aromatic heterocycles. The molecule has 1 aliphatic rings. The van der Waals surface area contributed by atoms with Gasteiger partial charge >= 0.3 is 12.0 Å². The van der Waals surface area contributed by atoms with Crippen molar-refractivity contribution in [2.45, 2.75) is 38.2 Å². The zero-order valence-electron chi connectivity index (χ0n) is 11.0. The quantitative estimate of drug-likeness (QED) is 0.701. The third-order valence-electron chi connectivity index (χ3n) is 3.15. The summed E-state index contributed by atoms with van der Waals surface area (Å²) in [6, 6.07) is -0.858. The summed E-state index contributed by atoms with van der Waals surface area (Å²) >= 11 is 0. The third-order valence-corrected chi connectivity index (χ3v) is 3.15. The zero-order valence-corrected chi connectivity index (χ0v) is 11.0. The van der Waals surface area contributed by atoms with E-state index in [-0.39, 0.29) is 31.0 Å². The minimum atomic E-state index is -0.858. The first kappa shape index (κ1) is 15.4. The minimum absolute atomic E-state index is 0.0389. The predicted octanol–water partition coefficient (Wildman–Crippen LogP) is 0.320. The Labute approximate surface area is 111 Å². The molecule has 0 spiro atoms. The molecule has 1 aliphatic carbocycles. The van der Waals surface area contributed by atoms with Crippen LogP contribution in [0.2, 0.25) is 0 Å². The molecule has 3 N–H and O–H groups in total. The van der Waals surface area contributed by atoms with Crippen molar-refractivity contribution in [3.8, 4) is 0 Å². The number of nitrogens with two attached hydrogens (primary N) is 1. The number of hydrogen-bond acceptors (Lipinski definition) is 5. The Morgan fingerprint density at radius 1 is 1.21 bits per heavy atom. The van der Waals surface area contributed by atoms with Crippen molar-refractivity contribution < 1.29 is 23.9 Å². The van der Waals surface area contributed by atoms with E-state index in [9.17, 15) is 14.4 Å². The van der Waals surface area contributed by atoms with Gasteiger partial charge in [-0.25, -0.2) is 4.79 Å². The number of rotatable bonds is 5. The number of carbonyl (C=O) groups excluding carboxylic acids is 3. The van der Waals surface area contributed by atoms with Gasteiger partial charge in [0.2, 0.25) is 5.91 Å². The molecular formula is C12H20N2O5. The molecule has 108 valence electrons. The van der Waals surface area contributed by atoms with E-state index >= 15 is 0 Å². The molecule has 7 heteroatoms. The number of hydrogen-bond donors (Lipinski definition) is 2. The molecule has 7 nitrogen and oxygen atoms in total. The molecule has 1 saturated carbocycles. The monoisotopic (exact) mass is 272 g/mol. The van der Waals surface area contributed by atoms with Crippen LogP contribution in [0.25, 0.3) is 0 Å². The van der Waals surface area contributed by atoms with Gasteiger partial charge in [0, 0.05) is 0 Å². The van der Waals surface area contributed by atoms with Crippen LogP contribution in [-0.4, -0.2) is 37.7 Å². The molecule has 0 bridgehead atoms. The molecule has 0 aliphatic heterocycles. The lowest BCUT2D eigenvalue weighted by Crippen LogP contribution is -2.35. The van der Waals surface area contributed by atoms with Crippen molar-refractivity contribution in [3.63, 3.8) is 0 Å². The van der Waals surface area contributed by atoms with Gasteiger partial charge in [0.15, 0.2) is 0 Å². The summed E-state index contributed by atoms with van der Waals surface area (Å²) in [5.74, 6) is -0.655. The van der Waals surface area contributed by atoms with Crippen LogP contribution in [0.15, 0.2) is 0 Å². The van der Waals surface area contributed by atoms with Crippen LogP contribution < -0.4 is 11.1 Å². The summed E-state index contributed by atoms with van der Waals surface area (Å²) in [5, 5.41) is 1.97. The molecule has 0 unspecified atom stereocenters. The molecule has 0 radical (unpaired) electrons. The Bertz CT molecular complexity index is 337. The molecule has 3 amide bonds. The number of primary amides is 1. The van der Waals surface area contributed by atoms with Crippen LogP contribution in [0, 0.1) is 5.92 Å². The lowest BCUT2D eigenvalue weighted by Gasteiger charge is -2.26. The number of imide groups is 1. The lowest BCUT2D eigenvalue weighted by atomic mass is 9.87. The number of amides is 3. The molecule has 1 fully saturated rings. The first-order valence-electron chi connectivity index (χ1n) is 6.31. The number of methoxy groups -OCH3 is 1. The summed E-state index contributed by atoms with van der Waals surface area (Å²) in [4.78, 5) is 32.9. The second-order valence-corrected chi connectivity index (χ2v) is 4.53. The van der Waals surface area contributed by atoms with Crippen LogP contribution in [0.5, 0.6) is 0 Å². The van der Waals surface area contributed by atoms with Crippen molar-refractivity contribution in [3.05, 3.63) is 0 Å². The third kappa shape index (κ3) is 5.69. The first-order chi connectivity index (χ1) is 9.02. The van der Waals surface area contributed by atoms with Crippen molar-refractivity contribution in [1.82, 2.24) is 5.32 Å². The molecule has 0 saturated heterocycles. The average Bonchev–Trinajstić information content (AvgIpc) is 2.37. The number of ether oxygens (including phenoxy) is 2. The molecule has 0 heterocycles. The second kappa shape index (κ2) is 7.73. The Balaban J connectivity index is 2.14. The second-order valence-electron chi connectivity index (χ2n) is 4.53. The van der Waals surface area contributed by atoms with Crippen LogP contribution in [0.1, 0.15) is 32.1 Å². The van der Waals surface area contributed by atoms with Crippen molar-refractivity contribution in [2.24, 2.45) is 11.7 Å². The fourth-order valence-corrected chi connectivity index (χ4v) is 2.15. The Morgan fingerprint density at radius 2 is 1.84 bits per heavy atom. The lowest BCUT2D eigenvalue weighted by molar-refractivity contribution is -0.147.